The van der Waals surface area contributed by atoms with Crippen LogP contribution in [0.3, 0.4) is 0 Å². The van der Waals surface area contributed by atoms with Crippen LogP contribution >= 0.6 is 15.9 Å². The first-order valence-corrected chi connectivity index (χ1v) is 8.95. The van der Waals surface area contributed by atoms with Gasteiger partial charge < -0.3 is 5.73 Å². The second-order valence-electron chi connectivity index (χ2n) is 4.89. The summed E-state index contributed by atoms with van der Waals surface area (Å²) in [5.41, 5.74) is 7.23. The third-order valence-electron chi connectivity index (χ3n) is 3.16. The second-order valence-corrected chi connectivity index (χ2v) is 7.82. The van der Waals surface area contributed by atoms with Gasteiger partial charge in [0, 0.05) is 16.8 Å². The molecule has 0 radical (unpaired) electrons. The van der Waals surface area contributed by atoms with Crippen LogP contribution in [0.5, 0.6) is 0 Å². The molecule has 0 spiro atoms. The fourth-order valence-corrected chi connectivity index (χ4v) is 3.11. The van der Waals surface area contributed by atoms with Gasteiger partial charge in [-0.1, -0.05) is 28.1 Å². The minimum atomic E-state index is -3.28. The number of benzene rings is 2. The molecule has 21 heavy (non-hydrogen) atoms. The molecule has 0 saturated heterocycles. The minimum Gasteiger partial charge on any atom is -0.324 e. The van der Waals surface area contributed by atoms with Crippen molar-refractivity contribution in [1.29, 1.82) is 0 Å². The summed E-state index contributed by atoms with van der Waals surface area (Å²) in [7, 11) is -3.28. The summed E-state index contributed by atoms with van der Waals surface area (Å²) in [5.74, 6) is -0.326. The van der Waals surface area contributed by atoms with Gasteiger partial charge in [-0.3, -0.25) is 0 Å². The van der Waals surface area contributed by atoms with Crippen molar-refractivity contribution in [3.05, 3.63) is 63.9 Å². The fraction of sp³-hybridized carbons (Fsp3) is 0.200. The first kappa shape index (κ1) is 16.1. The van der Waals surface area contributed by atoms with Crippen LogP contribution in [-0.2, 0) is 16.3 Å². The predicted octanol–water partition coefficient (Wildman–Crippen LogP) is 3.23. The van der Waals surface area contributed by atoms with E-state index in [1.165, 1.54) is 18.2 Å². The second kappa shape index (κ2) is 6.25. The molecule has 2 aromatic rings. The zero-order chi connectivity index (χ0) is 15.6. The Balaban J connectivity index is 2.28. The Labute approximate surface area is 132 Å². The molecule has 112 valence electrons. The van der Waals surface area contributed by atoms with Crippen molar-refractivity contribution in [1.82, 2.24) is 0 Å². The van der Waals surface area contributed by atoms with Crippen LogP contribution in [0.25, 0.3) is 0 Å². The maximum atomic E-state index is 13.7. The number of nitrogens with two attached hydrogens (primary N) is 1. The summed E-state index contributed by atoms with van der Waals surface area (Å²) < 4.78 is 37.6. The van der Waals surface area contributed by atoms with E-state index >= 15 is 0 Å². The number of halogens is 2. The van der Waals surface area contributed by atoms with Crippen LogP contribution in [0, 0.1) is 5.82 Å². The number of hydrogen-bond acceptors (Lipinski definition) is 3. The molecule has 0 fully saturated rings. The van der Waals surface area contributed by atoms with E-state index in [1.54, 1.807) is 24.3 Å². The van der Waals surface area contributed by atoms with Gasteiger partial charge in [0.2, 0.25) is 0 Å². The van der Waals surface area contributed by atoms with Gasteiger partial charge in [-0.15, -0.1) is 0 Å². The zero-order valence-corrected chi connectivity index (χ0v) is 13.8. The summed E-state index contributed by atoms with van der Waals surface area (Å²) in [6.45, 7) is 0. The van der Waals surface area contributed by atoms with E-state index in [-0.39, 0.29) is 10.7 Å². The average molecular weight is 372 g/mol. The topological polar surface area (TPSA) is 60.2 Å². The van der Waals surface area contributed by atoms with E-state index in [1.807, 2.05) is 0 Å². The van der Waals surface area contributed by atoms with Crippen molar-refractivity contribution in [3.8, 4) is 0 Å². The summed E-state index contributed by atoms with van der Waals surface area (Å²) in [6.07, 6.45) is 1.43. The van der Waals surface area contributed by atoms with Crippen molar-refractivity contribution < 1.29 is 12.8 Å². The highest BCUT2D eigenvalue weighted by Gasteiger charge is 2.14. The predicted molar refractivity (Wildman–Crippen MR) is 84.3 cm³/mol. The highest BCUT2D eigenvalue weighted by Crippen LogP contribution is 2.23. The monoisotopic (exact) mass is 371 g/mol. The Bertz CT molecular complexity index is 762. The van der Waals surface area contributed by atoms with Gasteiger partial charge in [-0.25, -0.2) is 12.8 Å². The zero-order valence-electron chi connectivity index (χ0n) is 11.4. The van der Waals surface area contributed by atoms with Gasteiger partial charge in [0.25, 0.3) is 0 Å². The van der Waals surface area contributed by atoms with Gasteiger partial charge >= 0.3 is 0 Å². The molecule has 2 rings (SSSR count). The first-order chi connectivity index (χ1) is 9.77. The normalized spacial score (nSPS) is 13.1. The molecule has 0 aliphatic rings. The lowest BCUT2D eigenvalue weighted by Gasteiger charge is -2.14. The molecule has 0 bridgehead atoms. The Morgan fingerprint density at radius 3 is 2.62 bits per heavy atom. The summed E-state index contributed by atoms with van der Waals surface area (Å²) in [6, 6.07) is 10.6. The molecule has 0 amide bonds. The van der Waals surface area contributed by atoms with Crippen molar-refractivity contribution in [2.75, 3.05) is 6.26 Å². The van der Waals surface area contributed by atoms with Crippen LogP contribution in [0.4, 0.5) is 4.39 Å². The van der Waals surface area contributed by atoms with Gasteiger partial charge in [0.15, 0.2) is 9.84 Å². The maximum absolute atomic E-state index is 13.7. The van der Waals surface area contributed by atoms with Crippen LogP contribution in [0.15, 0.2) is 51.8 Å². The third-order valence-corrected chi connectivity index (χ3v) is 4.77. The molecule has 0 aromatic heterocycles. The number of rotatable bonds is 4. The van der Waals surface area contributed by atoms with Gasteiger partial charge in [-0.05, 0) is 47.9 Å². The van der Waals surface area contributed by atoms with E-state index in [0.29, 0.717) is 17.5 Å². The lowest BCUT2D eigenvalue weighted by molar-refractivity contribution is 0.591. The molecule has 0 aliphatic heterocycles. The molecule has 1 atom stereocenters. The van der Waals surface area contributed by atoms with Crippen LogP contribution < -0.4 is 5.73 Å². The molecule has 2 N–H and O–H groups in total. The molecule has 0 aliphatic carbocycles. The average Bonchev–Trinajstić information content (AvgIpc) is 2.42. The summed E-state index contributed by atoms with van der Waals surface area (Å²) in [4.78, 5) is 0.213. The number of sulfone groups is 1. The van der Waals surface area contributed by atoms with E-state index in [9.17, 15) is 12.8 Å². The Morgan fingerprint density at radius 1 is 1.24 bits per heavy atom. The SMILES string of the molecule is CS(=O)(=O)c1cccc(C(N)Cc2cc(Br)ccc2F)c1. The molecule has 3 nitrogen and oxygen atoms in total. The van der Waals surface area contributed by atoms with Gasteiger partial charge in [0.05, 0.1) is 4.90 Å². The molecular weight excluding hydrogens is 357 g/mol. The van der Waals surface area contributed by atoms with E-state index in [2.05, 4.69) is 15.9 Å². The van der Waals surface area contributed by atoms with E-state index < -0.39 is 15.9 Å². The van der Waals surface area contributed by atoms with Crippen LogP contribution in [0.2, 0.25) is 0 Å². The largest absolute Gasteiger partial charge is 0.324 e. The van der Waals surface area contributed by atoms with Crippen LogP contribution in [-0.4, -0.2) is 14.7 Å². The van der Waals surface area contributed by atoms with Gasteiger partial charge in [0.1, 0.15) is 5.82 Å². The summed E-state index contributed by atoms with van der Waals surface area (Å²) in [5, 5.41) is 0. The Morgan fingerprint density at radius 2 is 1.95 bits per heavy atom. The summed E-state index contributed by atoms with van der Waals surface area (Å²) >= 11 is 3.29. The molecule has 1 unspecified atom stereocenters. The molecule has 0 heterocycles. The molecule has 2 aromatic carbocycles. The quantitative estimate of drug-likeness (QED) is 0.897. The Hall–Kier alpha value is -1.24. The van der Waals surface area contributed by atoms with E-state index in [0.717, 1.165) is 10.7 Å². The van der Waals surface area contributed by atoms with Crippen molar-refractivity contribution in [2.45, 2.75) is 17.4 Å². The first-order valence-electron chi connectivity index (χ1n) is 6.27. The van der Waals surface area contributed by atoms with Crippen molar-refractivity contribution >= 4 is 25.8 Å². The lowest BCUT2D eigenvalue weighted by Crippen LogP contribution is -2.15. The molecule has 0 saturated carbocycles. The third kappa shape index (κ3) is 4.12. The minimum absolute atomic E-state index is 0.213. The smallest absolute Gasteiger partial charge is 0.175 e. The van der Waals surface area contributed by atoms with Gasteiger partial charge in [-0.2, -0.15) is 0 Å². The highest BCUT2D eigenvalue weighted by molar-refractivity contribution is 9.10. The van der Waals surface area contributed by atoms with Crippen LogP contribution in [0.1, 0.15) is 17.2 Å². The molecule has 6 heteroatoms. The van der Waals surface area contributed by atoms with Crippen molar-refractivity contribution in [2.24, 2.45) is 5.73 Å². The van der Waals surface area contributed by atoms with E-state index in [4.69, 9.17) is 5.73 Å². The maximum Gasteiger partial charge on any atom is 0.175 e. The standard InChI is InChI=1S/C15H15BrFNO2S/c1-21(19,20)13-4-2-3-10(8-13)15(18)9-11-7-12(16)5-6-14(11)17/h2-8,15H,9,18H2,1H3. The van der Waals surface area contributed by atoms with Crippen molar-refractivity contribution in [3.63, 3.8) is 0 Å². The molecular formula is C15H15BrFNO2S. The Kier molecular flexibility index (Phi) is 4.81. The highest BCUT2D eigenvalue weighted by atomic mass is 79.9. The lowest BCUT2D eigenvalue weighted by atomic mass is 9.99. The fourth-order valence-electron chi connectivity index (χ4n) is 2.03. The number of hydrogen-bond donors (Lipinski definition) is 1.